The van der Waals surface area contributed by atoms with Crippen LogP contribution in [0.15, 0.2) is 30.5 Å². The molecule has 1 N–H and O–H groups in total. The van der Waals surface area contributed by atoms with Crippen LogP contribution >= 0.6 is 0 Å². The predicted molar refractivity (Wildman–Crippen MR) is 76.3 cm³/mol. The lowest BCUT2D eigenvalue weighted by atomic mass is 10.1. The molecule has 0 aliphatic rings. The van der Waals surface area contributed by atoms with Gasteiger partial charge >= 0.3 is 0 Å². The van der Waals surface area contributed by atoms with Crippen LogP contribution in [0.25, 0.3) is 0 Å². The summed E-state index contributed by atoms with van der Waals surface area (Å²) >= 11 is 0. The number of rotatable bonds is 5. The first kappa shape index (κ1) is 14.2. The van der Waals surface area contributed by atoms with Crippen molar-refractivity contribution in [2.45, 2.75) is 26.4 Å². The lowest BCUT2D eigenvalue weighted by molar-refractivity contribution is -0.384. The molecule has 2 rings (SSSR count). The summed E-state index contributed by atoms with van der Waals surface area (Å²) in [5, 5.41) is 18.4. The van der Waals surface area contributed by atoms with Crippen LogP contribution in [0.3, 0.4) is 0 Å². The molecule has 1 aromatic heterocycles. The maximum absolute atomic E-state index is 10.7. The van der Waals surface area contributed by atoms with Crippen LogP contribution in [0.2, 0.25) is 0 Å². The number of nitro groups is 1. The van der Waals surface area contributed by atoms with Crippen molar-refractivity contribution >= 4 is 5.69 Å². The highest BCUT2D eigenvalue weighted by Gasteiger charge is 2.12. The Labute approximate surface area is 117 Å². The third-order valence-corrected chi connectivity index (χ3v) is 3.25. The van der Waals surface area contributed by atoms with Crippen LogP contribution in [0.5, 0.6) is 0 Å². The highest BCUT2D eigenvalue weighted by atomic mass is 16.6. The second kappa shape index (κ2) is 5.83. The number of nitro benzene ring substituents is 1. The molecule has 0 fully saturated rings. The van der Waals surface area contributed by atoms with Crippen molar-refractivity contribution in [3.63, 3.8) is 0 Å². The van der Waals surface area contributed by atoms with Gasteiger partial charge in [-0.15, -0.1) is 0 Å². The van der Waals surface area contributed by atoms with Gasteiger partial charge in [0.05, 0.1) is 10.6 Å². The molecule has 2 aromatic rings. The number of aromatic nitrogens is 2. The summed E-state index contributed by atoms with van der Waals surface area (Å²) in [5.74, 6) is 0. The number of hydrogen-bond acceptors (Lipinski definition) is 4. The number of aryl methyl sites for hydroxylation is 2. The highest BCUT2D eigenvalue weighted by molar-refractivity contribution is 5.34. The molecule has 0 aliphatic carbocycles. The van der Waals surface area contributed by atoms with Crippen LogP contribution in [-0.4, -0.2) is 14.7 Å². The smallest absolute Gasteiger partial charge is 0.269 e. The summed E-state index contributed by atoms with van der Waals surface area (Å²) in [6, 6.07) is 6.81. The topological polar surface area (TPSA) is 73.0 Å². The fourth-order valence-electron chi connectivity index (χ4n) is 2.20. The standard InChI is InChI=1S/C14H18N4O2/c1-10(14-9-17(3)16-11(14)2)15-8-12-5-4-6-13(7-12)18(19)20/h4-7,9-10,15H,8H2,1-3H3. The second-order valence-electron chi connectivity index (χ2n) is 4.87. The number of non-ortho nitro benzene ring substituents is 1. The van der Waals surface area contributed by atoms with E-state index in [0.717, 1.165) is 16.8 Å². The van der Waals surface area contributed by atoms with Gasteiger partial charge < -0.3 is 5.32 Å². The fourth-order valence-corrected chi connectivity index (χ4v) is 2.20. The van der Waals surface area contributed by atoms with Crippen LogP contribution in [-0.2, 0) is 13.6 Å². The van der Waals surface area contributed by atoms with E-state index in [1.807, 2.05) is 26.2 Å². The van der Waals surface area contributed by atoms with Crippen LogP contribution in [0.1, 0.15) is 29.8 Å². The quantitative estimate of drug-likeness (QED) is 0.671. The summed E-state index contributed by atoms with van der Waals surface area (Å²) in [7, 11) is 1.89. The molecule has 20 heavy (non-hydrogen) atoms. The molecule has 0 spiro atoms. The van der Waals surface area contributed by atoms with Crippen LogP contribution < -0.4 is 5.32 Å². The van der Waals surface area contributed by atoms with Crippen molar-refractivity contribution in [3.8, 4) is 0 Å². The van der Waals surface area contributed by atoms with E-state index >= 15 is 0 Å². The average Bonchev–Trinajstić information content (AvgIpc) is 2.75. The Kier molecular flexibility index (Phi) is 4.14. The summed E-state index contributed by atoms with van der Waals surface area (Å²) in [6.45, 7) is 4.61. The van der Waals surface area contributed by atoms with E-state index in [1.54, 1.807) is 16.8 Å². The van der Waals surface area contributed by atoms with Gasteiger partial charge in [-0.2, -0.15) is 5.10 Å². The van der Waals surface area contributed by atoms with Crippen molar-refractivity contribution in [2.75, 3.05) is 0 Å². The van der Waals surface area contributed by atoms with Crippen LogP contribution in [0.4, 0.5) is 5.69 Å². The zero-order chi connectivity index (χ0) is 14.7. The molecule has 0 amide bonds. The van der Waals surface area contributed by atoms with E-state index in [-0.39, 0.29) is 16.7 Å². The summed E-state index contributed by atoms with van der Waals surface area (Å²) in [5.41, 5.74) is 3.14. The monoisotopic (exact) mass is 274 g/mol. The Morgan fingerprint density at radius 3 is 2.85 bits per heavy atom. The van der Waals surface area contributed by atoms with Gasteiger partial charge in [0, 0.05) is 43.5 Å². The summed E-state index contributed by atoms with van der Waals surface area (Å²) in [4.78, 5) is 10.4. The minimum absolute atomic E-state index is 0.120. The lowest BCUT2D eigenvalue weighted by Crippen LogP contribution is -2.18. The number of nitrogens with one attached hydrogen (secondary N) is 1. The third kappa shape index (κ3) is 3.21. The second-order valence-corrected chi connectivity index (χ2v) is 4.87. The molecule has 1 unspecified atom stereocenters. The molecular formula is C14H18N4O2. The van der Waals surface area contributed by atoms with Crippen molar-refractivity contribution < 1.29 is 4.92 Å². The Hall–Kier alpha value is -2.21. The van der Waals surface area contributed by atoms with E-state index in [4.69, 9.17) is 0 Å². The minimum Gasteiger partial charge on any atom is -0.306 e. The molecule has 6 heteroatoms. The largest absolute Gasteiger partial charge is 0.306 e. The van der Waals surface area contributed by atoms with E-state index in [0.29, 0.717) is 6.54 Å². The molecule has 0 bridgehead atoms. The minimum atomic E-state index is -0.377. The molecule has 0 aliphatic heterocycles. The highest BCUT2D eigenvalue weighted by Crippen LogP contribution is 2.17. The fraction of sp³-hybridized carbons (Fsp3) is 0.357. The molecule has 106 valence electrons. The van der Waals surface area contributed by atoms with Gasteiger partial charge in [-0.05, 0) is 19.4 Å². The molecular weight excluding hydrogens is 256 g/mol. The van der Waals surface area contributed by atoms with Crippen LogP contribution in [0, 0.1) is 17.0 Å². The number of benzene rings is 1. The first-order valence-electron chi connectivity index (χ1n) is 6.44. The molecule has 0 saturated heterocycles. The van der Waals surface area contributed by atoms with E-state index in [1.165, 1.54) is 6.07 Å². The first-order chi connectivity index (χ1) is 9.47. The van der Waals surface area contributed by atoms with Gasteiger partial charge in [0.25, 0.3) is 5.69 Å². The van der Waals surface area contributed by atoms with Gasteiger partial charge in [-0.1, -0.05) is 12.1 Å². The molecule has 1 aromatic carbocycles. The first-order valence-corrected chi connectivity index (χ1v) is 6.44. The Morgan fingerprint density at radius 2 is 2.25 bits per heavy atom. The van der Waals surface area contributed by atoms with Gasteiger partial charge in [0.1, 0.15) is 0 Å². The van der Waals surface area contributed by atoms with Crippen molar-refractivity contribution in [1.82, 2.24) is 15.1 Å². The van der Waals surface area contributed by atoms with Gasteiger partial charge in [0.15, 0.2) is 0 Å². The van der Waals surface area contributed by atoms with Crippen molar-refractivity contribution in [1.29, 1.82) is 0 Å². The van der Waals surface area contributed by atoms with E-state index < -0.39 is 0 Å². The maximum Gasteiger partial charge on any atom is 0.269 e. The molecule has 6 nitrogen and oxygen atoms in total. The number of nitrogens with zero attached hydrogens (tertiary/aromatic N) is 3. The van der Waals surface area contributed by atoms with Crippen molar-refractivity contribution in [3.05, 3.63) is 57.4 Å². The predicted octanol–water partition coefficient (Wildman–Crippen LogP) is 2.49. The molecule has 0 saturated carbocycles. The SMILES string of the molecule is Cc1nn(C)cc1C(C)NCc1cccc([N+](=O)[O-])c1. The normalized spacial score (nSPS) is 12.3. The van der Waals surface area contributed by atoms with Gasteiger partial charge in [-0.25, -0.2) is 0 Å². The molecule has 1 atom stereocenters. The lowest BCUT2D eigenvalue weighted by Gasteiger charge is -2.13. The van der Waals surface area contributed by atoms with Gasteiger partial charge in [0.2, 0.25) is 0 Å². The third-order valence-electron chi connectivity index (χ3n) is 3.25. The molecule has 1 heterocycles. The van der Waals surface area contributed by atoms with Crippen molar-refractivity contribution in [2.24, 2.45) is 7.05 Å². The zero-order valence-electron chi connectivity index (χ0n) is 11.8. The Balaban J connectivity index is 2.03. The van der Waals surface area contributed by atoms with E-state index in [2.05, 4.69) is 17.3 Å². The molecule has 0 radical (unpaired) electrons. The Bertz CT molecular complexity index is 621. The maximum atomic E-state index is 10.7. The summed E-state index contributed by atoms with van der Waals surface area (Å²) < 4.78 is 1.79. The Morgan fingerprint density at radius 1 is 1.50 bits per heavy atom. The summed E-state index contributed by atoms with van der Waals surface area (Å²) in [6.07, 6.45) is 1.99. The zero-order valence-corrected chi connectivity index (χ0v) is 11.8. The van der Waals surface area contributed by atoms with E-state index in [9.17, 15) is 10.1 Å². The average molecular weight is 274 g/mol. The van der Waals surface area contributed by atoms with Gasteiger partial charge in [-0.3, -0.25) is 14.8 Å². The number of hydrogen-bond donors (Lipinski definition) is 1.